The van der Waals surface area contributed by atoms with Gasteiger partial charge < -0.3 is 9.47 Å². The van der Waals surface area contributed by atoms with Crippen molar-refractivity contribution in [3.05, 3.63) is 0 Å². The molecule has 36 heavy (non-hydrogen) atoms. The molecule has 0 aromatic carbocycles. The van der Waals surface area contributed by atoms with Crippen molar-refractivity contribution in [1.29, 1.82) is 0 Å². The maximum atomic E-state index is 14.3. The summed E-state index contributed by atoms with van der Waals surface area (Å²) in [6.07, 6.45) is 10.6. The lowest BCUT2D eigenvalue weighted by Gasteiger charge is -2.69. The Bertz CT molecular complexity index is 936. The Morgan fingerprint density at radius 3 is 2.14 bits per heavy atom. The van der Waals surface area contributed by atoms with E-state index >= 15 is 0 Å². The summed E-state index contributed by atoms with van der Waals surface area (Å²) in [4.78, 5) is 26.2. The number of carbonyl (C=O) groups excluding carboxylic acids is 2. The van der Waals surface area contributed by atoms with Gasteiger partial charge in [-0.05, 0) is 113 Å². The second-order valence-electron chi connectivity index (χ2n) is 15.8. The van der Waals surface area contributed by atoms with E-state index in [0.717, 1.165) is 44.9 Å². The molecule has 0 bridgehead atoms. The number of hydrogen-bond acceptors (Lipinski definition) is 4. The van der Waals surface area contributed by atoms with Gasteiger partial charge in [0.1, 0.15) is 11.9 Å². The zero-order chi connectivity index (χ0) is 26.5. The Morgan fingerprint density at radius 2 is 1.50 bits per heavy atom. The molecular formula is C32H52O4. The zero-order valence-electron chi connectivity index (χ0n) is 24.6. The molecule has 5 fully saturated rings. The number of carbonyl (C=O) groups is 2. The average Bonchev–Trinajstić information content (AvgIpc) is 3.12. The first-order valence-electron chi connectivity index (χ1n) is 14.9. The van der Waals surface area contributed by atoms with Crippen LogP contribution in [0.2, 0.25) is 0 Å². The lowest BCUT2D eigenvalue weighted by molar-refractivity contribution is -0.234. The van der Waals surface area contributed by atoms with Crippen molar-refractivity contribution in [1.82, 2.24) is 0 Å². The van der Waals surface area contributed by atoms with E-state index in [1.165, 1.54) is 19.8 Å². The molecule has 5 rings (SSSR count). The van der Waals surface area contributed by atoms with Gasteiger partial charge in [0.25, 0.3) is 0 Å². The standard InChI is InChI=1S/C32H52O4/c1-20(33)35-25-13-16-29(6)23(28(25,4)5)12-18-30(7)24(29)19-22(34)26-21(11-17-31(26,30)8)32(9)15-10-14-27(2,3)36-32/h21,23-26H,10-19H2,1-9H3. The fraction of sp³-hybridized carbons (Fsp3) is 0.938. The molecule has 4 heteroatoms. The number of esters is 1. The van der Waals surface area contributed by atoms with Crippen molar-refractivity contribution in [3.8, 4) is 0 Å². The van der Waals surface area contributed by atoms with Gasteiger partial charge in [-0.15, -0.1) is 0 Å². The Labute approximate surface area is 220 Å². The van der Waals surface area contributed by atoms with Crippen LogP contribution < -0.4 is 0 Å². The highest BCUT2D eigenvalue weighted by molar-refractivity contribution is 5.84. The normalized spacial score (nSPS) is 51.6. The molecule has 1 saturated heterocycles. The van der Waals surface area contributed by atoms with Crippen molar-refractivity contribution in [2.75, 3.05) is 0 Å². The molecule has 4 nitrogen and oxygen atoms in total. The van der Waals surface area contributed by atoms with Gasteiger partial charge in [-0.3, -0.25) is 9.59 Å². The maximum absolute atomic E-state index is 14.3. The number of rotatable bonds is 2. The molecule has 0 N–H and O–H groups in total. The third kappa shape index (κ3) is 3.54. The molecule has 0 spiro atoms. The van der Waals surface area contributed by atoms with Crippen LogP contribution in [0.25, 0.3) is 0 Å². The molecule has 4 saturated carbocycles. The highest BCUT2D eigenvalue weighted by Gasteiger charge is 2.72. The second kappa shape index (κ2) is 8.06. The van der Waals surface area contributed by atoms with E-state index in [1.807, 2.05) is 0 Å². The molecule has 0 amide bonds. The summed E-state index contributed by atoms with van der Waals surface area (Å²) in [7, 11) is 0. The van der Waals surface area contributed by atoms with Crippen molar-refractivity contribution in [2.45, 2.75) is 144 Å². The minimum absolute atomic E-state index is 0.0243. The molecule has 9 atom stereocenters. The third-order valence-electron chi connectivity index (χ3n) is 13.2. The lowest BCUT2D eigenvalue weighted by atomic mass is 9.35. The minimum Gasteiger partial charge on any atom is -0.462 e. The van der Waals surface area contributed by atoms with Gasteiger partial charge in [0.15, 0.2) is 0 Å². The first-order valence-corrected chi connectivity index (χ1v) is 14.9. The summed E-state index contributed by atoms with van der Waals surface area (Å²) in [5.74, 6) is 1.64. The first kappa shape index (κ1) is 26.7. The Kier molecular flexibility index (Phi) is 5.97. The van der Waals surface area contributed by atoms with Crippen LogP contribution in [0, 0.1) is 45.3 Å². The number of ether oxygens (including phenoxy) is 2. The van der Waals surface area contributed by atoms with E-state index in [-0.39, 0.29) is 50.9 Å². The molecule has 0 aromatic heterocycles. The Hall–Kier alpha value is -0.900. The van der Waals surface area contributed by atoms with Gasteiger partial charge >= 0.3 is 5.97 Å². The van der Waals surface area contributed by atoms with Crippen LogP contribution in [0.4, 0.5) is 0 Å². The first-order chi connectivity index (χ1) is 16.5. The van der Waals surface area contributed by atoms with Gasteiger partial charge in [-0.25, -0.2) is 0 Å². The summed E-state index contributed by atoms with van der Waals surface area (Å²) in [5.41, 5.74) is -0.106. The predicted molar refractivity (Wildman–Crippen MR) is 142 cm³/mol. The van der Waals surface area contributed by atoms with E-state index in [2.05, 4.69) is 55.4 Å². The van der Waals surface area contributed by atoms with E-state index in [4.69, 9.17) is 9.47 Å². The van der Waals surface area contributed by atoms with Crippen LogP contribution in [0.1, 0.15) is 127 Å². The van der Waals surface area contributed by atoms with Crippen LogP contribution in [0.3, 0.4) is 0 Å². The molecule has 5 aliphatic rings. The molecule has 0 radical (unpaired) electrons. The van der Waals surface area contributed by atoms with Gasteiger partial charge in [0, 0.05) is 24.7 Å². The van der Waals surface area contributed by atoms with Gasteiger partial charge in [-0.1, -0.05) is 34.6 Å². The molecule has 9 unspecified atom stereocenters. The molecule has 4 aliphatic carbocycles. The number of fused-ring (bicyclic) bond motifs is 5. The van der Waals surface area contributed by atoms with Gasteiger partial charge in [-0.2, -0.15) is 0 Å². The Balaban J connectivity index is 1.48. The number of hydrogen-bond donors (Lipinski definition) is 0. The minimum atomic E-state index is -0.200. The molecular weight excluding hydrogens is 448 g/mol. The smallest absolute Gasteiger partial charge is 0.302 e. The highest BCUT2D eigenvalue weighted by atomic mass is 16.5. The number of ketones is 1. The highest BCUT2D eigenvalue weighted by Crippen LogP contribution is 2.75. The monoisotopic (exact) mass is 500 g/mol. The topological polar surface area (TPSA) is 52.6 Å². The van der Waals surface area contributed by atoms with Crippen molar-refractivity contribution in [2.24, 2.45) is 45.3 Å². The predicted octanol–water partition coefficient (Wildman–Crippen LogP) is 7.52. The van der Waals surface area contributed by atoms with Crippen molar-refractivity contribution >= 4 is 11.8 Å². The fourth-order valence-electron chi connectivity index (χ4n) is 11.4. The van der Waals surface area contributed by atoms with Crippen LogP contribution in [-0.2, 0) is 19.1 Å². The van der Waals surface area contributed by atoms with E-state index in [1.54, 1.807) is 0 Å². The Morgan fingerprint density at radius 1 is 0.833 bits per heavy atom. The average molecular weight is 501 g/mol. The van der Waals surface area contributed by atoms with Crippen LogP contribution >= 0.6 is 0 Å². The summed E-state index contributed by atoms with van der Waals surface area (Å²) < 4.78 is 12.7. The van der Waals surface area contributed by atoms with E-state index in [0.29, 0.717) is 30.0 Å². The largest absolute Gasteiger partial charge is 0.462 e. The summed E-state index contributed by atoms with van der Waals surface area (Å²) in [6.45, 7) is 20.5. The summed E-state index contributed by atoms with van der Waals surface area (Å²) in [5, 5.41) is 0. The SMILES string of the molecule is CC(=O)OC1CCC2(C)C(CCC3(C)C2CC(=O)C2C(C4(C)CCCC(C)(C)O4)CCC23C)C1(C)C. The van der Waals surface area contributed by atoms with E-state index < -0.39 is 0 Å². The third-order valence-corrected chi connectivity index (χ3v) is 13.2. The number of Topliss-reactive ketones (excluding diaryl/α,β-unsaturated/α-hetero) is 1. The fourth-order valence-corrected chi connectivity index (χ4v) is 11.4. The van der Waals surface area contributed by atoms with Crippen LogP contribution in [-0.4, -0.2) is 29.1 Å². The summed E-state index contributed by atoms with van der Waals surface area (Å²) >= 11 is 0. The molecule has 0 aromatic rings. The van der Waals surface area contributed by atoms with Gasteiger partial charge in [0.2, 0.25) is 0 Å². The van der Waals surface area contributed by atoms with Crippen molar-refractivity contribution in [3.63, 3.8) is 0 Å². The molecule has 204 valence electrons. The molecule has 1 heterocycles. The maximum Gasteiger partial charge on any atom is 0.302 e. The quantitative estimate of drug-likeness (QED) is 0.368. The van der Waals surface area contributed by atoms with Gasteiger partial charge in [0.05, 0.1) is 11.2 Å². The lowest BCUT2D eigenvalue weighted by Crippen LogP contribution is -2.66. The molecule has 1 aliphatic heterocycles. The van der Waals surface area contributed by atoms with Crippen LogP contribution in [0.15, 0.2) is 0 Å². The zero-order valence-corrected chi connectivity index (χ0v) is 24.6. The summed E-state index contributed by atoms with van der Waals surface area (Å²) in [6, 6.07) is 0. The van der Waals surface area contributed by atoms with E-state index in [9.17, 15) is 9.59 Å². The van der Waals surface area contributed by atoms with Crippen LogP contribution in [0.5, 0.6) is 0 Å². The van der Waals surface area contributed by atoms with Crippen molar-refractivity contribution < 1.29 is 19.1 Å². The second-order valence-corrected chi connectivity index (χ2v) is 15.8.